The van der Waals surface area contributed by atoms with Gasteiger partial charge in [0.25, 0.3) is 0 Å². The molecule has 1 unspecified atom stereocenters. The van der Waals surface area contributed by atoms with Crippen molar-refractivity contribution >= 4 is 16.7 Å². The fraction of sp³-hybridized carbons (Fsp3) is 0.389. The topological polar surface area (TPSA) is 57.4 Å². The Hall–Kier alpha value is -2.23. The van der Waals surface area contributed by atoms with Gasteiger partial charge < -0.3 is 5.11 Å². The Morgan fingerprint density at radius 3 is 2.68 bits per heavy atom. The zero-order chi connectivity index (χ0) is 15.5. The number of hydrogen-bond acceptors (Lipinski definition) is 2. The number of fused-ring (bicyclic) bond motifs is 1. The van der Waals surface area contributed by atoms with Gasteiger partial charge in [0.1, 0.15) is 5.92 Å². The Morgan fingerprint density at radius 2 is 1.95 bits per heavy atom. The smallest absolute Gasteiger partial charge is 0.313 e. The highest BCUT2D eigenvalue weighted by atomic mass is 16.4. The normalized spacial score (nSPS) is 20.0. The summed E-state index contributed by atoms with van der Waals surface area (Å²) in [5.41, 5.74) is 0.977. The van der Waals surface area contributed by atoms with Crippen LogP contribution in [0.2, 0.25) is 0 Å². The highest BCUT2D eigenvalue weighted by molar-refractivity contribution is 5.83. The number of hydrogen-bond donors (Lipinski definition) is 1. The van der Waals surface area contributed by atoms with E-state index in [1.54, 1.807) is 0 Å². The van der Waals surface area contributed by atoms with Gasteiger partial charge in [0.2, 0.25) is 6.04 Å². The van der Waals surface area contributed by atoms with Crippen LogP contribution in [0, 0.1) is 10.8 Å². The SMILES string of the molecule is O=C(O)[C@H](Cc1ccc2ccccc2c1)C1CCCC[N+]1=O. The number of rotatable bonds is 4. The predicted molar refractivity (Wildman–Crippen MR) is 84.9 cm³/mol. The molecule has 1 N–H and O–H groups in total. The van der Waals surface area contributed by atoms with E-state index in [0.717, 1.165) is 33.9 Å². The standard InChI is InChI=1S/C18H19NO3/c20-18(21)16(17-7-3-4-10-19(17)22)12-13-8-9-14-5-1-2-6-15(14)11-13/h1-2,5-6,8-9,11,16-17H,3-4,7,10,12H2/p+1/t16-,17?/m1/s1. The molecule has 0 aromatic heterocycles. The molecule has 0 amide bonds. The summed E-state index contributed by atoms with van der Waals surface area (Å²) in [5.74, 6) is -1.51. The molecule has 0 radical (unpaired) electrons. The first-order valence-corrected chi connectivity index (χ1v) is 7.79. The molecule has 2 aromatic carbocycles. The summed E-state index contributed by atoms with van der Waals surface area (Å²) >= 11 is 0. The lowest BCUT2D eigenvalue weighted by Gasteiger charge is -2.20. The lowest BCUT2D eigenvalue weighted by atomic mass is 9.86. The molecule has 1 fully saturated rings. The van der Waals surface area contributed by atoms with Gasteiger partial charge in [-0.05, 0) is 29.2 Å². The second-order valence-corrected chi connectivity index (χ2v) is 6.03. The molecule has 0 spiro atoms. The van der Waals surface area contributed by atoms with Crippen LogP contribution < -0.4 is 0 Å². The van der Waals surface area contributed by atoms with Crippen LogP contribution in [0.1, 0.15) is 24.8 Å². The number of carbonyl (C=O) groups is 1. The quantitative estimate of drug-likeness (QED) is 0.880. The molecular formula is C18H20NO3+. The van der Waals surface area contributed by atoms with Crippen LogP contribution in [0.4, 0.5) is 0 Å². The zero-order valence-corrected chi connectivity index (χ0v) is 12.4. The van der Waals surface area contributed by atoms with E-state index < -0.39 is 17.9 Å². The maximum atomic E-state index is 12.0. The van der Waals surface area contributed by atoms with Gasteiger partial charge in [0.05, 0.1) is 0 Å². The van der Waals surface area contributed by atoms with E-state index in [9.17, 15) is 14.8 Å². The molecule has 2 aromatic rings. The number of benzene rings is 2. The van der Waals surface area contributed by atoms with Crippen LogP contribution in [-0.2, 0) is 11.2 Å². The second-order valence-electron chi connectivity index (χ2n) is 6.03. The third kappa shape index (κ3) is 3.01. The fourth-order valence-electron chi connectivity index (χ4n) is 3.34. The summed E-state index contributed by atoms with van der Waals surface area (Å²) in [7, 11) is 0. The van der Waals surface area contributed by atoms with Crippen molar-refractivity contribution in [3.05, 3.63) is 52.9 Å². The first-order valence-electron chi connectivity index (χ1n) is 7.79. The Labute approximate surface area is 129 Å². The minimum atomic E-state index is -0.874. The molecule has 0 bridgehead atoms. The molecule has 1 aliphatic heterocycles. The lowest BCUT2D eigenvalue weighted by molar-refractivity contribution is -0.601. The van der Waals surface area contributed by atoms with E-state index in [1.807, 2.05) is 42.5 Å². The average Bonchev–Trinajstić information content (AvgIpc) is 2.53. The second kappa shape index (κ2) is 6.26. The highest BCUT2D eigenvalue weighted by Crippen LogP contribution is 2.25. The molecule has 0 saturated carbocycles. The fourth-order valence-corrected chi connectivity index (χ4v) is 3.34. The van der Waals surface area contributed by atoms with E-state index in [-0.39, 0.29) is 0 Å². The van der Waals surface area contributed by atoms with Crippen LogP contribution in [0.5, 0.6) is 0 Å². The van der Waals surface area contributed by atoms with Crippen molar-refractivity contribution in [2.24, 2.45) is 5.92 Å². The molecule has 3 rings (SSSR count). The average molecular weight is 298 g/mol. The summed E-state index contributed by atoms with van der Waals surface area (Å²) in [5, 5.41) is 11.8. The van der Waals surface area contributed by atoms with Crippen molar-refractivity contribution in [3.63, 3.8) is 0 Å². The van der Waals surface area contributed by atoms with E-state index in [1.165, 1.54) is 0 Å². The van der Waals surface area contributed by atoms with Gasteiger partial charge in [-0.2, -0.15) is 0 Å². The number of carboxylic acids is 1. The van der Waals surface area contributed by atoms with Crippen LogP contribution >= 0.6 is 0 Å². The third-order valence-corrected chi connectivity index (χ3v) is 4.55. The first-order chi connectivity index (χ1) is 10.6. The number of nitroso groups, excluding NO2 is 1. The van der Waals surface area contributed by atoms with Gasteiger partial charge in [-0.25, -0.2) is 0 Å². The van der Waals surface area contributed by atoms with Gasteiger partial charge >= 0.3 is 5.97 Å². The van der Waals surface area contributed by atoms with Crippen LogP contribution in [0.3, 0.4) is 0 Å². The van der Waals surface area contributed by atoms with Gasteiger partial charge in [0, 0.05) is 22.5 Å². The molecule has 4 heteroatoms. The summed E-state index contributed by atoms with van der Waals surface area (Å²) in [6.45, 7) is 0.451. The predicted octanol–water partition coefficient (Wildman–Crippen LogP) is 3.41. The van der Waals surface area contributed by atoms with E-state index in [2.05, 4.69) is 0 Å². The molecule has 0 aliphatic carbocycles. The van der Waals surface area contributed by atoms with Gasteiger partial charge in [0.15, 0.2) is 6.54 Å². The molecule has 4 nitrogen and oxygen atoms in total. The van der Waals surface area contributed by atoms with E-state index >= 15 is 0 Å². The van der Waals surface area contributed by atoms with Crippen molar-refractivity contribution < 1.29 is 14.7 Å². The number of aliphatic carboxylic acids is 1. The lowest BCUT2D eigenvalue weighted by Crippen LogP contribution is -2.41. The minimum absolute atomic E-state index is 0.405. The monoisotopic (exact) mass is 298 g/mol. The zero-order valence-electron chi connectivity index (χ0n) is 12.4. The van der Waals surface area contributed by atoms with Gasteiger partial charge in [-0.1, -0.05) is 42.5 Å². The molecule has 1 saturated heterocycles. The highest BCUT2D eigenvalue weighted by Gasteiger charge is 2.40. The summed E-state index contributed by atoms with van der Waals surface area (Å²) in [6, 6.07) is 13.6. The Kier molecular flexibility index (Phi) is 4.18. The van der Waals surface area contributed by atoms with E-state index in [4.69, 9.17) is 0 Å². The molecular weight excluding hydrogens is 278 g/mol. The van der Waals surface area contributed by atoms with Crippen LogP contribution in [0.15, 0.2) is 42.5 Å². The maximum absolute atomic E-state index is 12.0. The van der Waals surface area contributed by atoms with Crippen molar-refractivity contribution in [1.29, 1.82) is 0 Å². The van der Waals surface area contributed by atoms with Crippen molar-refractivity contribution in [2.45, 2.75) is 31.7 Å². The Bertz CT molecular complexity index is 710. The largest absolute Gasteiger partial charge is 0.481 e. The van der Waals surface area contributed by atoms with Crippen molar-refractivity contribution in [2.75, 3.05) is 6.54 Å². The van der Waals surface area contributed by atoms with Crippen molar-refractivity contribution in [1.82, 2.24) is 0 Å². The summed E-state index contributed by atoms with van der Waals surface area (Å²) in [4.78, 5) is 23.6. The molecule has 1 aliphatic rings. The van der Waals surface area contributed by atoms with Crippen LogP contribution in [0.25, 0.3) is 10.8 Å². The minimum Gasteiger partial charge on any atom is -0.481 e. The number of nitrogens with zero attached hydrogens (tertiary/aromatic N) is 1. The van der Waals surface area contributed by atoms with Crippen molar-refractivity contribution in [3.8, 4) is 0 Å². The molecule has 114 valence electrons. The van der Waals surface area contributed by atoms with Crippen LogP contribution in [-0.4, -0.2) is 28.4 Å². The summed E-state index contributed by atoms with van der Waals surface area (Å²) in [6.07, 6.45) is 2.88. The Balaban J connectivity index is 1.85. The number of piperidine rings is 1. The molecule has 1 heterocycles. The summed E-state index contributed by atoms with van der Waals surface area (Å²) < 4.78 is 0.976. The molecule has 2 atom stereocenters. The van der Waals surface area contributed by atoms with Gasteiger partial charge in [-0.3, -0.25) is 4.79 Å². The Morgan fingerprint density at radius 1 is 1.18 bits per heavy atom. The van der Waals surface area contributed by atoms with E-state index in [0.29, 0.717) is 19.4 Å². The maximum Gasteiger partial charge on any atom is 0.313 e. The first kappa shape index (κ1) is 14.7. The molecule has 22 heavy (non-hydrogen) atoms. The third-order valence-electron chi connectivity index (χ3n) is 4.55. The number of carboxylic acid groups (broad SMARTS) is 1. The van der Waals surface area contributed by atoms with Gasteiger partial charge in [-0.15, -0.1) is 0 Å².